The van der Waals surface area contributed by atoms with Gasteiger partial charge in [0.1, 0.15) is 11.5 Å². The Morgan fingerprint density at radius 3 is 1.42 bits per heavy atom. The van der Waals surface area contributed by atoms with Crippen LogP contribution in [0, 0.1) is 0 Å². The highest BCUT2D eigenvalue weighted by molar-refractivity contribution is 5.81. The Balaban J connectivity index is 1.66. The van der Waals surface area contributed by atoms with Crippen LogP contribution in [0.2, 0.25) is 0 Å². The molecule has 1 fully saturated rings. The van der Waals surface area contributed by atoms with Gasteiger partial charge in [0.05, 0.1) is 26.3 Å². The average Bonchev–Trinajstić information content (AvgIpc) is 2.72. The van der Waals surface area contributed by atoms with Gasteiger partial charge >= 0.3 is 0 Å². The number of ether oxygens (including phenoxy) is 2. The average molecular weight is 350 g/mol. The lowest BCUT2D eigenvalue weighted by molar-refractivity contribution is 0.390. The number of nitrogens with zero attached hydrogens (tertiary/aromatic N) is 2. The summed E-state index contributed by atoms with van der Waals surface area (Å²) in [5.74, 6) is 1.73. The van der Waals surface area contributed by atoms with Gasteiger partial charge in [0.15, 0.2) is 0 Å². The summed E-state index contributed by atoms with van der Waals surface area (Å²) in [6, 6.07) is 16.5. The second-order valence-electron chi connectivity index (χ2n) is 6.52. The summed E-state index contributed by atoms with van der Waals surface area (Å²) >= 11 is 0. The van der Waals surface area contributed by atoms with Crippen LogP contribution in [0.3, 0.4) is 0 Å². The molecule has 0 spiro atoms. The Kier molecular flexibility index (Phi) is 6.42. The SMILES string of the molecule is COc1ccc(C=N[C@@H]2CCCC[C@H]2N=Cc2ccc(OC)cc2)cc1. The predicted molar refractivity (Wildman–Crippen MR) is 107 cm³/mol. The van der Waals surface area contributed by atoms with E-state index in [1.54, 1.807) is 14.2 Å². The summed E-state index contributed by atoms with van der Waals surface area (Å²) in [5.41, 5.74) is 2.18. The molecule has 1 aliphatic rings. The third kappa shape index (κ3) is 4.94. The Labute approximate surface area is 155 Å². The van der Waals surface area contributed by atoms with Crippen LogP contribution >= 0.6 is 0 Å². The standard InChI is InChI=1S/C22H26N2O2/c1-25-19-11-7-17(8-12-19)15-23-21-5-3-4-6-22(21)24-16-18-9-13-20(26-2)14-10-18/h7-16,21-22H,3-6H2,1-2H3/t21-,22-/m1/s1. The summed E-state index contributed by atoms with van der Waals surface area (Å²) in [7, 11) is 3.35. The van der Waals surface area contributed by atoms with Crippen LogP contribution in [-0.2, 0) is 0 Å². The van der Waals surface area contributed by atoms with Crippen molar-refractivity contribution in [1.29, 1.82) is 0 Å². The molecule has 0 unspecified atom stereocenters. The lowest BCUT2D eigenvalue weighted by atomic mass is 9.91. The molecular weight excluding hydrogens is 324 g/mol. The van der Waals surface area contributed by atoms with Crippen molar-refractivity contribution in [3.05, 3.63) is 59.7 Å². The number of hydrogen-bond donors (Lipinski definition) is 0. The zero-order chi connectivity index (χ0) is 18.2. The maximum absolute atomic E-state index is 5.20. The van der Waals surface area contributed by atoms with Crippen LogP contribution in [0.1, 0.15) is 36.8 Å². The van der Waals surface area contributed by atoms with Crippen molar-refractivity contribution >= 4 is 12.4 Å². The van der Waals surface area contributed by atoms with Crippen LogP contribution in [-0.4, -0.2) is 38.7 Å². The van der Waals surface area contributed by atoms with E-state index in [1.807, 2.05) is 61.0 Å². The highest BCUT2D eigenvalue weighted by Gasteiger charge is 2.23. The third-order valence-electron chi connectivity index (χ3n) is 4.76. The van der Waals surface area contributed by atoms with Crippen molar-refractivity contribution in [2.75, 3.05) is 14.2 Å². The van der Waals surface area contributed by atoms with Gasteiger partial charge in [-0.25, -0.2) is 0 Å². The monoisotopic (exact) mass is 350 g/mol. The van der Waals surface area contributed by atoms with E-state index in [0.717, 1.165) is 35.5 Å². The van der Waals surface area contributed by atoms with Crippen molar-refractivity contribution in [2.24, 2.45) is 9.98 Å². The van der Waals surface area contributed by atoms with E-state index in [2.05, 4.69) is 0 Å². The molecule has 0 aliphatic heterocycles. The van der Waals surface area contributed by atoms with E-state index in [-0.39, 0.29) is 12.1 Å². The van der Waals surface area contributed by atoms with Gasteiger partial charge in [-0.2, -0.15) is 0 Å². The molecule has 2 aromatic carbocycles. The van der Waals surface area contributed by atoms with Gasteiger partial charge in [-0.15, -0.1) is 0 Å². The Hall–Kier alpha value is -2.62. The van der Waals surface area contributed by atoms with Crippen molar-refractivity contribution < 1.29 is 9.47 Å². The highest BCUT2D eigenvalue weighted by Crippen LogP contribution is 2.24. The minimum atomic E-state index is 0.250. The molecule has 2 atom stereocenters. The second-order valence-corrected chi connectivity index (χ2v) is 6.52. The van der Waals surface area contributed by atoms with Crippen LogP contribution in [0.5, 0.6) is 11.5 Å². The molecule has 0 amide bonds. The zero-order valence-electron chi connectivity index (χ0n) is 15.5. The molecule has 1 aliphatic carbocycles. The number of aliphatic imine (C=N–C) groups is 2. The van der Waals surface area contributed by atoms with Crippen LogP contribution in [0.25, 0.3) is 0 Å². The van der Waals surface area contributed by atoms with Crippen LogP contribution < -0.4 is 9.47 Å². The topological polar surface area (TPSA) is 43.2 Å². The maximum atomic E-state index is 5.20. The fourth-order valence-corrected chi connectivity index (χ4v) is 3.18. The number of benzene rings is 2. The van der Waals surface area contributed by atoms with E-state index in [4.69, 9.17) is 19.5 Å². The molecule has 136 valence electrons. The van der Waals surface area contributed by atoms with Gasteiger partial charge < -0.3 is 9.47 Å². The summed E-state index contributed by atoms with van der Waals surface area (Å²) in [5, 5.41) is 0. The first-order valence-corrected chi connectivity index (χ1v) is 9.13. The molecular formula is C22H26N2O2. The molecule has 2 aromatic rings. The van der Waals surface area contributed by atoms with Gasteiger partial charge in [0.2, 0.25) is 0 Å². The molecule has 0 bridgehead atoms. The fourth-order valence-electron chi connectivity index (χ4n) is 3.18. The smallest absolute Gasteiger partial charge is 0.118 e. The first kappa shape index (κ1) is 18.2. The Bertz CT molecular complexity index is 670. The number of methoxy groups -OCH3 is 2. The Morgan fingerprint density at radius 2 is 1.08 bits per heavy atom. The van der Waals surface area contributed by atoms with E-state index >= 15 is 0 Å². The maximum Gasteiger partial charge on any atom is 0.118 e. The zero-order valence-corrected chi connectivity index (χ0v) is 15.5. The summed E-state index contributed by atoms with van der Waals surface area (Å²) < 4.78 is 10.4. The molecule has 0 N–H and O–H groups in total. The first-order valence-electron chi connectivity index (χ1n) is 9.13. The lowest BCUT2D eigenvalue weighted by Crippen LogP contribution is -2.27. The molecule has 26 heavy (non-hydrogen) atoms. The lowest BCUT2D eigenvalue weighted by Gasteiger charge is -2.25. The fraction of sp³-hybridized carbons (Fsp3) is 0.364. The van der Waals surface area contributed by atoms with Crippen molar-refractivity contribution in [3.63, 3.8) is 0 Å². The van der Waals surface area contributed by atoms with Crippen LogP contribution in [0.4, 0.5) is 0 Å². The Morgan fingerprint density at radius 1 is 0.692 bits per heavy atom. The van der Waals surface area contributed by atoms with Gasteiger partial charge in [0.25, 0.3) is 0 Å². The quantitative estimate of drug-likeness (QED) is 0.717. The highest BCUT2D eigenvalue weighted by atomic mass is 16.5. The third-order valence-corrected chi connectivity index (χ3v) is 4.76. The minimum absolute atomic E-state index is 0.250. The van der Waals surface area contributed by atoms with E-state index in [1.165, 1.54) is 12.8 Å². The first-order chi connectivity index (χ1) is 12.8. The minimum Gasteiger partial charge on any atom is -0.497 e. The van der Waals surface area contributed by atoms with Crippen molar-refractivity contribution in [1.82, 2.24) is 0 Å². The second kappa shape index (κ2) is 9.18. The normalized spacial score (nSPS) is 20.5. The van der Waals surface area contributed by atoms with E-state index < -0.39 is 0 Å². The van der Waals surface area contributed by atoms with E-state index in [9.17, 15) is 0 Å². The molecule has 0 aromatic heterocycles. The molecule has 4 heteroatoms. The summed E-state index contributed by atoms with van der Waals surface area (Å²) in [6.07, 6.45) is 8.56. The van der Waals surface area contributed by atoms with E-state index in [0.29, 0.717) is 0 Å². The van der Waals surface area contributed by atoms with Crippen molar-refractivity contribution in [2.45, 2.75) is 37.8 Å². The summed E-state index contributed by atoms with van der Waals surface area (Å²) in [4.78, 5) is 9.66. The number of hydrogen-bond acceptors (Lipinski definition) is 4. The predicted octanol–water partition coefficient (Wildman–Crippen LogP) is 4.55. The van der Waals surface area contributed by atoms with Gasteiger partial charge in [0, 0.05) is 12.4 Å². The van der Waals surface area contributed by atoms with Gasteiger partial charge in [-0.1, -0.05) is 12.8 Å². The molecule has 3 rings (SSSR count). The molecule has 1 saturated carbocycles. The molecule has 0 radical (unpaired) electrons. The molecule has 4 nitrogen and oxygen atoms in total. The molecule has 0 saturated heterocycles. The molecule has 0 heterocycles. The van der Waals surface area contributed by atoms with Crippen LogP contribution in [0.15, 0.2) is 58.5 Å². The van der Waals surface area contributed by atoms with Crippen molar-refractivity contribution in [3.8, 4) is 11.5 Å². The number of rotatable bonds is 6. The summed E-state index contributed by atoms with van der Waals surface area (Å²) in [6.45, 7) is 0. The van der Waals surface area contributed by atoms with Gasteiger partial charge in [-0.3, -0.25) is 9.98 Å². The largest absolute Gasteiger partial charge is 0.497 e. The van der Waals surface area contributed by atoms with Gasteiger partial charge in [-0.05, 0) is 72.5 Å².